The van der Waals surface area contributed by atoms with Gasteiger partial charge in [0.1, 0.15) is 28.9 Å². The molecule has 30 heavy (non-hydrogen) atoms. The average molecular weight is 408 g/mol. The summed E-state index contributed by atoms with van der Waals surface area (Å²) in [7, 11) is 1.26. The Balaban J connectivity index is 1.64. The number of esters is 1. The summed E-state index contributed by atoms with van der Waals surface area (Å²) >= 11 is 0. The van der Waals surface area contributed by atoms with Gasteiger partial charge in [-0.05, 0) is 36.8 Å². The summed E-state index contributed by atoms with van der Waals surface area (Å²) in [5.41, 5.74) is 0.558. The van der Waals surface area contributed by atoms with E-state index >= 15 is 0 Å². The maximum Gasteiger partial charge on any atom is 0.343 e. The fraction of sp³-hybridized carbons (Fsp3) is 0.136. The van der Waals surface area contributed by atoms with Gasteiger partial charge in [0.25, 0.3) is 0 Å². The predicted molar refractivity (Wildman–Crippen MR) is 107 cm³/mol. The van der Waals surface area contributed by atoms with E-state index in [9.17, 15) is 14.4 Å². The molecule has 152 valence electrons. The van der Waals surface area contributed by atoms with E-state index < -0.39 is 11.6 Å². The highest BCUT2D eigenvalue weighted by atomic mass is 16.6. The van der Waals surface area contributed by atoms with Gasteiger partial charge in [-0.25, -0.2) is 9.59 Å². The maximum absolute atomic E-state index is 12.8. The van der Waals surface area contributed by atoms with Crippen LogP contribution in [-0.4, -0.2) is 19.7 Å². The lowest BCUT2D eigenvalue weighted by atomic mass is 10.1. The van der Waals surface area contributed by atoms with Crippen LogP contribution in [-0.2, 0) is 9.53 Å². The van der Waals surface area contributed by atoms with Crippen LogP contribution < -0.4 is 20.5 Å². The first-order valence-electron chi connectivity index (χ1n) is 8.92. The predicted octanol–water partition coefficient (Wildman–Crippen LogP) is 3.55. The molecule has 0 fully saturated rings. The fourth-order valence-electron chi connectivity index (χ4n) is 2.95. The summed E-state index contributed by atoms with van der Waals surface area (Å²) in [6.07, 6.45) is 1.19. The molecule has 0 amide bonds. The molecule has 2 heterocycles. The molecule has 2 aromatic carbocycles. The van der Waals surface area contributed by atoms with Crippen LogP contribution in [0.5, 0.6) is 17.2 Å². The first kappa shape index (κ1) is 19.3. The summed E-state index contributed by atoms with van der Waals surface area (Å²) in [5, 5.41) is 1.05. The van der Waals surface area contributed by atoms with Crippen LogP contribution in [0.25, 0.3) is 21.9 Å². The van der Waals surface area contributed by atoms with Gasteiger partial charge >= 0.3 is 11.6 Å². The standard InChI is InChI=1S/C22H16O8/c1-12-7-20(23)30-18-9-14(4-5-15(12)18)29-19-10-28-17-8-13(27-11-21(24)26-2)3-6-16(17)22(19)25/h3-10H,11H2,1-2H3. The van der Waals surface area contributed by atoms with Crippen molar-refractivity contribution < 1.29 is 27.8 Å². The number of methoxy groups -OCH3 is 1. The Labute approximate surface area is 169 Å². The van der Waals surface area contributed by atoms with Gasteiger partial charge in [0.2, 0.25) is 11.2 Å². The quantitative estimate of drug-likeness (QED) is 0.365. The topological polar surface area (TPSA) is 105 Å². The summed E-state index contributed by atoms with van der Waals surface area (Å²) in [4.78, 5) is 35.5. The van der Waals surface area contributed by atoms with Gasteiger partial charge < -0.3 is 23.0 Å². The van der Waals surface area contributed by atoms with E-state index in [0.717, 1.165) is 10.9 Å². The molecule has 0 bridgehead atoms. The van der Waals surface area contributed by atoms with Crippen molar-refractivity contribution in [3.8, 4) is 17.2 Å². The van der Waals surface area contributed by atoms with Crippen molar-refractivity contribution >= 4 is 27.9 Å². The third-order valence-electron chi connectivity index (χ3n) is 4.45. The number of rotatable bonds is 5. The number of ether oxygens (including phenoxy) is 3. The number of carbonyl (C=O) groups is 1. The first-order chi connectivity index (χ1) is 14.4. The van der Waals surface area contributed by atoms with E-state index in [1.54, 1.807) is 25.1 Å². The first-order valence-corrected chi connectivity index (χ1v) is 8.92. The highest BCUT2D eigenvalue weighted by Gasteiger charge is 2.12. The summed E-state index contributed by atoms with van der Waals surface area (Å²) in [6, 6.07) is 10.9. The SMILES string of the molecule is COC(=O)COc1ccc2c(=O)c(Oc3ccc4c(C)cc(=O)oc4c3)coc2c1. The van der Waals surface area contributed by atoms with Crippen LogP contribution in [0.15, 0.2) is 67.2 Å². The van der Waals surface area contributed by atoms with Crippen molar-refractivity contribution in [3.63, 3.8) is 0 Å². The summed E-state index contributed by atoms with van der Waals surface area (Å²) < 4.78 is 26.2. The van der Waals surface area contributed by atoms with Gasteiger partial charge in [0.05, 0.1) is 12.5 Å². The highest BCUT2D eigenvalue weighted by molar-refractivity contribution is 5.82. The Morgan fingerprint density at radius 2 is 1.70 bits per heavy atom. The van der Waals surface area contributed by atoms with Crippen molar-refractivity contribution in [2.24, 2.45) is 0 Å². The lowest BCUT2D eigenvalue weighted by Gasteiger charge is -2.08. The Bertz CT molecular complexity index is 1380. The molecule has 8 heteroatoms. The van der Waals surface area contributed by atoms with Crippen LogP contribution in [0.4, 0.5) is 0 Å². The van der Waals surface area contributed by atoms with Crippen LogP contribution in [0, 0.1) is 6.92 Å². The fourth-order valence-corrected chi connectivity index (χ4v) is 2.95. The lowest BCUT2D eigenvalue weighted by molar-refractivity contribution is -0.142. The zero-order valence-corrected chi connectivity index (χ0v) is 16.1. The van der Waals surface area contributed by atoms with Gasteiger partial charge in [-0.1, -0.05) is 0 Å². The molecule has 0 N–H and O–H groups in total. The van der Waals surface area contributed by atoms with Crippen molar-refractivity contribution in [2.45, 2.75) is 6.92 Å². The monoisotopic (exact) mass is 408 g/mol. The average Bonchev–Trinajstić information content (AvgIpc) is 2.73. The van der Waals surface area contributed by atoms with Gasteiger partial charge in [-0.2, -0.15) is 0 Å². The minimum atomic E-state index is -0.526. The van der Waals surface area contributed by atoms with E-state index in [-0.39, 0.29) is 28.8 Å². The normalized spacial score (nSPS) is 10.9. The second-order valence-electron chi connectivity index (χ2n) is 6.46. The Morgan fingerprint density at radius 3 is 2.50 bits per heavy atom. The molecule has 4 rings (SSSR count). The molecular weight excluding hydrogens is 392 g/mol. The Morgan fingerprint density at radius 1 is 0.967 bits per heavy atom. The number of benzene rings is 2. The molecule has 0 saturated carbocycles. The van der Waals surface area contributed by atoms with Crippen LogP contribution in [0.1, 0.15) is 5.56 Å². The lowest BCUT2D eigenvalue weighted by Crippen LogP contribution is -2.12. The van der Waals surface area contributed by atoms with E-state index in [0.29, 0.717) is 17.1 Å². The number of hydrogen-bond acceptors (Lipinski definition) is 8. The largest absolute Gasteiger partial charge is 0.482 e. The second kappa shape index (κ2) is 7.75. The van der Waals surface area contributed by atoms with Gasteiger partial charge in [0, 0.05) is 23.6 Å². The van der Waals surface area contributed by atoms with Gasteiger partial charge in [0.15, 0.2) is 6.61 Å². The molecule has 8 nitrogen and oxygen atoms in total. The van der Waals surface area contributed by atoms with Gasteiger partial charge in [-0.3, -0.25) is 4.79 Å². The molecule has 0 saturated heterocycles. The smallest absolute Gasteiger partial charge is 0.343 e. The van der Waals surface area contributed by atoms with E-state index in [2.05, 4.69) is 4.74 Å². The van der Waals surface area contributed by atoms with E-state index in [4.69, 9.17) is 18.3 Å². The van der Waals surface area contributed by atoms with E-state index in [1.807, 2.05) is 0 Å². The molecule has 0 atom stereocenters. The van der Waals surface area contributed by atoms with E-state index in [1.165, 1.54) is 37.6 Å². The molecule has 4 aromatic rings. The van der Waals surface area contributed by atoms with Crippen molar-refractivity contribution in [3.05, 3.63) is 74.9 Å². The third kappa shape index (κ3) is 3.75. The molecule has 0 aliphatic carbocycles. The number of fused-ring (bicyclic) bond motifs is 2. The number of carbonyl (C=O) groups excluding carboxylic acids is 1. The third-order valence-corrected chi connectivity index (χ3v) is 4.45. The van der Waals surface area contributed by atoms with Crippen molar-refractivity contribution in [1.29, 1.82) is 0 Å². The number of aryl methyl sites for hydroxylation is 1. The molecule has 0 unspecified atom stereocenters. The Hall–Kier alpha value is -4.07. The van der Waals surface area contributed by atoms with Crippen LogP contribution in [0.2, 0.25) is 0 Å². The molecular formula is C22H16O8. The Kier molecular flexibility index (Phi) is 4.97. The van der Waals surface area contributed by atoms with Crippen molar-refractivity contribution in [1.82, 2.24) is 0 Å². The molecule has 0 aliphatic heterocycles. The van der Waals surface area contributed by atoms with Crippen molar-refractivity contribution in [2.75, 3.05) is 13.7 Å². The maximum atomic E-state index is 12.8. The molecule has 0 radical (unpaired) electrons. The highest BCUT2D eigenvalue weighted by Crippen LogP contribution is 2.27. The minimum Gasteiger partial charge on any atom is -0.482 e. The van der Waals surface area contributed by atoms with Crippen LogP contribution >= 0.6 is 0 Å². The minimum absolute atomic E-state index is 0.0277. The second-order valence-corrected chi connectivity index (χ2v) is 6.46. The molecule has 2 aromatic heterocycles. The summed E-state index contributed by atoms with van der Waals surface area (Å²) in [6.45, 7) is 1.55. The molecule has 0 spiro atoms. The number of hydrogen-bond donors (Lipinski definition) is 0. The summed E-state index contributed by atoms with van der Waals surface area (Å²) in [5.74, 6) is 0.118. The van der Waals surface area contributed by atoms with Crippen LogP contribution in [0.3, 0.4) is 0 Å². The van der Waals surface area contributed by atoms with Gasteiger partial charge in [-0.15, -0.1) is 0 Å². The molecule has 0 aliphatic rings. The zero-order chi connectivity index (χ0) is 21.3. The zero-order valence-electron chi connectivity index (χ0n) is 16.1.